The number of hydrogen-bond acceptors (Lipinski definition) is 2. The highest BCUT2D eigenvalue weighted by molar-refractivity contribution is 6.33. The maximum atomic E-state index is 6.20. The largest absolute Gasteiger partial charge is 0.384 e. The minimum atomic E-state index is 0.734. The predicted molar refractivity (Wildman–Crippen MR) is 105 cm³/mol. The van der Waals surface area contributed by atoms with Crippen molar-refractivity contribution in [1.29, 1.82) is 0 Å². The van der Waals surface area contributed by atoms with Crippen LogP contribution >= 0.6 is 23.2 Å². The van der Waals surface area contributed by atoms with Crippen molar-refractivity contribution >= 4 is 34.6 Å². The molecule has 2 aromatic carbocycles. The fourth-order valence-corrected chi connectivity index (χ4v) is 3.76. The summed E-state index contributed by atoms with van der Waals surface area (Å²) in [5, 5.41) is 8.60. The highest BCUT2D eigenvalue weighted by atomic mass is 35.5. The lowest BCUT2D eigenvalue weighted by molar-refractivity contribution is 0.293. The monoisotopic (exact) mass is 362 g/mol. The third-order valence-electron chi connectivity index (χ3n) is 4.88. The molecule has 0 saturated heterocycles. The average molecular weight is 363 g/mol. The smallest absolute Gasteiger partial charge is 0.0637 e. The minimum absolute atomic E-state index is 0.734. The van der Waals surface area contributed by atoms with Gasteiger partial charge < -0.3 is 10.6 Å². The molecule has 0 amide bonds. The van der Waals surface area contributed by atoms with E-state index in [9.17, 15) is 0 Å². The zero-order valence-electron chi connectivity index (χ0n) is 13.8. The summed E-state index contributed by atoms with van der Waals surface area (Å²) in [6.07, 6.45) is 5.08. The van der Waals surface area contributed by atoms with Gasteiger partial charge >= 0.3 is 0 Å². The van der Waals surface area contributed by atoms with Crippen molar-refractivity contribution in [2.24, 2.45) is 11.8 Å². The van der Waals surface area contributed by atoms with Gasteiger partial charge in [-0.2, -0.15) is 0 Å². The molecule has 1 fully saturated rings. The van der Waals surface area contributed by atoms with Crippen LogP contribution in [0.25, 0.3) is 0 Å². The number of hydrogen-bond donors (Lipinski definition) is 2. The summed E-state index contributed by atoms with van der Waals surface area (Å²) in [4.78, 5) is 0. The van der Waals surface area contributed by atoms with Crippen LogP contribution in [0.1, 0.15) is 25.7 Å². The predicted octanol–water partition coefficient (Wildman–Crippen LogP) is 6.32. The zero-order chi connectivity index (χ0) is 16.8. The molecule has 2 aromatic rings. The second-order valence-electron chi connectivity index (χ2n) is 6.61. The Morgan fingerprint density at radius 3 is 1.42 bits per heavy atom. The number of anilines is 2. The molecule has 2 N–H and O–H groups in total. The Hall–Kier alpha value is -1.38. The fraction of sp³-hybridized carbons (Fsp3) is 0.400. The normalized spacial score (nSPS) is 20.6. The van der Waals surface area contributed by atoms with Gasteiger partial charge in [0.1, 0.15) is 0 Å². The van der Waals surface area contributed by atoms with E-state index in [1.165, 1.54) is 25.7 Å². The molecule has 0 unspecified atom stereocenters. The molecule has 0 heterocycles. The Morgan fingerprint density at radius 1 is 0.667 bits per heavy atom. The molecule has 24 heavy (non-hydrogen) atoms. The SMILES string of the molecule is Clc1ccccc1NC[C@H]1CC[C@H](CNc2ccccc2Cl)CC1. The maximum Gasteiger partial charge on any atom is 0.0637 e. The van der Waals surface area contributed by atoms with E-state index in [-0.39, 0.29) is 0 Å². The Labute approximate surface area is 154 Å². The molecule has 0 atom stereocenters. The molecule has 3 rings (SSSR count). The molecule has 0 aliphatic heterocycles. The summed E-state index contributed by atoms with van der Waals surface area (Å²) in [5.41, 5.74) is 2.09. The first-order valence-electron chi connectivity index (χ1n) is 8.69. The van der Waals surface area contributed by atoms with Crippen molar-refractivity contribution in [3.8, 4) is 0 Å². The molecular weight excluding hydrogens is 339 g/mol. The fourth-order valence-electron chi connectivity index (χ4n) is 3.36. The lowest BCUT2D eigenvalue weighted by Gasteiger charge is -2.29. The van der Waals surface area contributed by atoms with E-state index < -0.39 is 0 Å². The van der Waals surface area contributed by atoms with Gasteiger partial charge in [-0.25, -0.2) is 0 Å². The first-order chi connectivity index (χ1) is 11.7. The van der Waals surface area contributed by atoms with E-state index in [4.69, 9.17) is 23.2 Å². The second-order valence-corrected chi connectivity index (χ2v) is 7.42. The third kappa shape index (κ3) is 4.81. The van der Waals surface area contributed by atoms with Crippen LogP contribution < -0.4 is 10.6 Å². The Balaban J connectivity index is 1.40. The van der Waals surface area contributed by atoms with Gasteiger partial charge in [0.25, 0.3) is 0 Å². The second kappa shape index (κ2) is 8.64. The van der Waals surface area contributed by atoms with Crippen LogP contribution in [0.5, 0.6) is 0 Å². The van der Waals surface area contributed by atoms with Gasteiger partial charge in [0.2, 0.25) is 0 Å². The summed E-state index contributed by atoms with van der Waals surface area (Å²) in [5.74, 6) is 1.47. The van der Waals surface area contributed by atoms with E-state index in [0.717, 1.165) is 46.3 Å². The van der Waals surface area contributed by atoms with E-state index in [0.29, 0.717) is 0 Å². The Morgan fingerprint density at radius 2 is 1.04 bits per heavy atom. The van der Waals surface area contributed by atoms with Crippen LogP contribution in [0.2, 0.25) is 10.0 Å². The van der Waals surface area contributed by atoms with Gasteiger partial charge in [-0.3, -0.25) is 0 Å². The molecule has 1 aliphatic rings. The zero-order valence-corrected chi connectivity index (χ0v) is 15.3. The highest BCUT2D eigenvalue weighted by Crippen LogP contribution is 2.31. The molecular formula is C20H24Cl2N2. The van der Waals surface area contributed by atoms with Crippen molar-refractivity contribution in [2.45, 2.75) is 25.7 Å². The van der Waals surface area contributed by atoms with Crippen LogP contribution in [-0.4, -0.2) is 13.1 Å². The van der Waals surface area contributed by atoms with Crippen LogP contribution in [0, 0.1) is 11.8 Å². The minimum Gasteiger partial charge on any atom is -0.384 e. The molecule has 4 heteroatoms. The van der Waals surface area contributed by atoms with Crippen molar-refractivity contribution in [1.82, 2.24) is 0 Å². The van der Waals surface area contributed by atoms with E-state index in [2.05, 4.69) is 10.6 Å². The quantitative estimate of drug-likeness (QED) is 0.627. The average Bonchev–Trinajstić information content (AvgIpc) is 2.61. The molecule has 0 aromatic heterocycles. The number of halogens is 2. The van der Waals surface area contributed by atoms with Gasteiger partial charge in [-0.05, 0) is 61.8 Å². The van der Waals surface area contributed by atoms with E-state index >= 15 is 0 Å². The number of para-hydroxylation sites is 2. The first kappa shape index (κ1) is 17.4. The molecule has 2 nitrogen and oxygen atoms in total. The maximum absolute atomic E-state index is 6.20. The van der Waals surface area contributed by atoms with Gasteiger partial charge in [0.05, 0.1) is 21.4 Å². The molecule has 0 spiro atoms. The van der Waals surface area contributed by atoms with Crippen molar-refractivity contribution in [3.05, 3.63) is 58.6 Å². The summed E-state index contributed by atoms with van der Waals surface area (Å²) in [6.45, 7) is 2.02. The lowest BCUT2D eigenvalue weighted by Crippen LogP contribution is -2.25. The third-order valence-corrected chi connectivity index (χ3v) is 5.54. The van der Waals surface area contributed by atoms with Crippen LogP contribution in [0.4, 0.5) is 11.4 Å². The standard InChI is InChI=1S/C20H24Cl2N2/c21-17-5-1-3-7-19(17)23-13-15-9-11-16(12-10-15)14-24-20-8-4-2-6-18(20)22/h1-8,15-16,23-24H,9-14H2/t15-,16-. The molecule has 1 aliphatic carbocycles. The summed E-state index contributed by atoms with van der Waals surface area (Å²) in [6, 6.07) is 15.9. The van der Waals surface area contributed by atoms with E-state index in [1.54, 1.807) is 0 Å². The highest BCUT2D eigenvalue weighted by Gasteiger charge is 2.21. The molecule has 128 valence electrons. The summed E-state index contributed by atoms with van der Waals surface area (Å²) in [7, 11) is 0. The summed E-state index contributed by atoms with van der Waals surface area (Å²) < 4.78 is 0. The number of nitrogens with one attached hydrogen (secondary N) is 2. The van der Waals surface area contributed by atoms with Crippen molar-refractivity contribution < 1.29 is 0 Å². The van der Waals surface area contributed by atoms with Gasteiger partial charge in [0, 0.05) is 13.1 Å². The van der Waals surface area contributed by atoms with Gasteiger partial charge in [-0.1, -0.05) is 47.5 Å². The van der Waals surface area contributed by atoms with Gasteiger partial charge in [0.15, 0.2) is 0 Å². The Bertz CT molecular complexity index is 594. The lowest BCUT2D eigenvalue weighted by atomic mass is 9.82. The topological polar surface area (TPSA) is 24.1 Å². The Kier molecular flexibility index (Phi) is 6.28. The number of benzene rings is 2. The first-order valence-corrected chi connectivity index (χ1v) is 9.45. The summed E-state index contributed by atoms with van der Waals surface area (Å²) >= 11 is 12.4. The van der Waals surface area contributed by atoms with Crippen LogP contribution in [-0.2, 0) is 0 Å². The number of rotatable bonds is 6. The van der Waals surface area contributed by atoms with Crippen LogP contribution in [0.15, 0.2) is 48.5 Å². The van der Waals surface area contributed by atoms with Gasteiger partial charge in [-0.15, -0.1) is 0 Å². The molecule has 0 radical (unpaired) electrons. The van der Waals surface area contributed by atoms with Crippen molar-refractivity contribution in [3.63, 3.8) is 0 Å². The molecule has 1 saturated carbocycles. The molecule has 0 bridgehead atoms. The van der Waals surface area contributed by atoms with E-state index in [1.807, 2.05) is 48.5 Å². The van der Waals surface area contributed by atoms with Crippen molar-refractivity contribution in [2.75, 3.05) is 23.7 Å². The van der Waals surface area contributed by atoms with Crippen LogP contribution in [0.3, 0.4) is 0 Å².